The lowest BCUT2D eigenvalue weighted by atomic mass is 10.1. The second-order valence-electron chi connectivity index (χ2n) is 7.07. The highest BCUT2D eigenvalue weighted by atomic mass is 35.5. The summed E-state index contributed by atoms with van der Waals surface area (Å²) in [5.74, 6) is -2.24. The number of hydrogen-bond acceptors (Lipinski definition) is 6. The average Bonchev–Trinajstić information content (AvgIpc) is 3.08. The summed E-state index contributed by atoms with van der Waals surface area (Å²) in [4.78, 5) is 50.7. The Bertz CT molecular complexity index is 1300. The number of halogens is 2. The van der Waals surface area contributed by atoms with Crippen LogP contribution in [0, 0.1) is 0 Å². The standard InChI is InChI=1S/C24H15Cl2NO6/c1-32-23(30)14-4-2-13(3-5-14)12-33-24(31)15-6-8-17-18(10-15)22(29)27(21(17)28)16-7-9-19(25)20(26)11-16/h2-11H,12H2,1H3. The summed E-state index contributed by atoms with van der Waals surface area (Å²) in [6.07, 6.45) is 0. The van der Waals surface area contributed by atoms with Crippen molar-refractivity contribution in [3.63, 3.8) is 0 Å². The highest BCUT2D eigenvalue weighted by Gasteiger charge is 2.37. The summed E-state index contributed by atoms with van der Waals surface area (Å²) >= 11 is 11.9. The number of anilines is 1. The normalized spacial score (nSPS) is 12.5. The molecule has 1 aliphatic rings. The third-order valence-corrected chi connectivity index (χ3v) is 5.77. The fourth-order valence-corrected chi connectivity index (χ4v) is 3.61. The molecule has 1 aliphatic heterocycles. The van der Waals surface area contributed by atoms with Gasteiger partial charge in [0.15, 0.2) is 0 Å². The van der Waals surface area contributed by atoms with Gasteiger partial charge in [-0.15, -0.1) is 0 Å². The van der Waals surface area contributed by atoms with Crippen LogP contribution >= 0.6 is 23.2 Å². The molecule has 0 N–H and O–H groups in total. The third-order valence-electron chi connectivity index (χ3n) is 5.03. The second-order valence-corrected chi connectivity index (χ2v) is 7.88. The number of ether oxygens (including phenoxy) is 2. The number of rotatable bonds is 5. The number of esters is 2. The number of amides is 2. The molecular weight excluding hydrogens is 469 g/mol. The average molecular weight is 484 g/mol. The van der Waals surface area contributed by atoms with Crippen LogP contribution in [0.1, 0.15) is 47.0 Å². The molecule has 0 unspecified atom stereocenters. The van der Waals surface area contributed by atoms with Gasteiger partial charge in [-0.2, -0.15) is 0 Å². The van der Waals surface area contributed by atoms with Crippen molar-refractivity contribution in [1.82, 2.24) is 0 Å². The van der Waals surface area contributed by atoms with Crippen LogP contribution < -0.4 is 4.90 Å². The lowest BCUT2D eigenvalue weighted by Crippen LogP contribution is -2.29. The molecule has 7 nitrogen and oxygen atoms in total. The number of carbonyl (C=O) groups excluding carboxylic acids is 4. The van der Waals surface area contributed by atoms with E-state index in [2.05, 4.69) is 4.74 Å². The third kappa shape index (κ3) is 4.33. The van der Waals surface area contributed by atoms with Crippen LogP contribution in [-0.4, -0.2) is 30.9 Å². The van der Waals surface area contributed by atoms with Crippen LogP contribution in [0.4, 0.5) is 5.69 Å². The maximum absolute atomic E-state index is 12.9. The number of nitrogens with zero attached hydrogens (tertiary/aromatic N) is 1. The molecule has 33 heavy (non-hydrogen) atoms. The quantitative estimate of drug-likeness (QED) is 0.377. The highest BCUT2D eigenvalue weighted by Crippen LogP contribution is 2.33. The Kier molecular flexibility index (Phi) is 6.18. The maximum Gasteiger partial charge on any atom is 0.338 e. The van der Waals surface area contributed by atoms with Gasteiger partial charge in [-0.3, -0.25) is 9.59 Å². The van der Waals surface area contributed by atoms with Crippen molar-refractivity contribution in [1.29, 1.82) is 0 Å². The molecule has 166 valence electrons. The summed E-state index contributed by atoms with van der Waals surface area (Å²) in [7, 11) is 1.29. The molecule has 0 saturated carbocycles. The van der Waals surface area contributed by atoms with Crippen LogP contribution in [0.2, 0.25) is 10.0 Å². The van der Waals surface area contributed by atoms with Gasteiger partial charge < -0.3 is 9.47 Å². The highest BCUT2D eigenvalue weighted by molar-refractivity contribution is 6.42. The smallest absolute Gasteiger partial charge is 0.338 e. The molecule has 0 fully saturated rings. The Morgan fingerprint density at radius 1 is 0.788 bits per heavy atom. The van der Waals surface area contributed by atoms with Crippen molar-refractivity contribution < 1.29 is 28.7 Å². The molecule has 0 bridgehead atoms. The van der Waals surface area contributed by atoms with Gasteiger partial charge in [0, 0.05) is 0 Å². The summed E-state index contributed by atoms with van der Waals surface area (Å²) in [5, 5.41) is 0.497. The van der Waals surface area contributed by atoms with E-state index >= 15 is 0 Å². The maximum atomic E-state index is 12.9. The number of imide groups is 1. The summed E-state index contributed by atoms with van der Waals surface area (Å²) < 4.78 is 9.95. The molecule has 0 aliphatic carbocycles. The van der Waals surface area contributed by atoms with Gasteiger partial charge in [0.25, 0.3) is 11.8 Å². The van der Waals surface area contributed by atoms with Crippen molar-refractivity contribution >= 4 is 52.6 Å². The molecule has 9 heteroatoms. The molecule has 4 rings (SSSR count). The van der Waals surface area contributed by atoms with Crippen LogP contribution in [-0.2, 0) is 16.1 Å². The lowest BCUT2D eigenvalue weighted by Gasteiger charge is -2.14. The van der Waals surface area contributed by atoms with Crippen LogP contribution in [0.25, 0.3) is 0 Å². The largest absolute Gasteiger partial charge is 0.465 e. The minimum Gasteiger partial charge on any atom is -0.465 e. The Balaban J connectivity index is 1.50. The number of fused-ring (bicyclic) bond motifs is 1. The monoisotopic (exact) mass is 483 g/mol. The van der Waals surface area contributed by atoms with E-state index in [0.717, 1.165) is 4.90 Å². The number of methoxy groups -OCH3 is 1. The Morgan fingerprint density at radius 2 is 1.45 bits per heavy atom. The van der Waals surface area contributed by atoms with Crippen molar-refractivity contribution in [3.05, 3.63) is 98.5 Å². The molecule has 0 atom stereocenters. The van der Waals surface area contributed by atoms with E-state index in [4.69, 9.17) is 27.9 Å². The van der Waals surface area contributed by atoms with Crippen LogP contribution in [0.5, 0.6) is 0 Å². The van der Waals surface area contributed by atoms with Gasteiger partial charge in [-0.25, -0.2) is 14.5 Å². The predicted octanol–water partition coefficient (Wildman–Crippen LogP) is 4.94. The van der Waals surface area contributed by atoms with E-state index in [0.29, 0.717) is 16.1 Å². The first-order valence-electron chi connectivity index (χ1n) is 9.62. The zero-order valence-electron chi connectivity index (χ0n) is 17.1. The summed E-state index contributed by atoms with van der Waals surface area (Å²) in [6.45, 7) is -0.0420. The summed E-state index contributed by atoms with van der Waals surface area (Å²) in [6, 6.07) is 15.0. The van der Waals surface area contributed by atoms with E-state index in [1.165, 1.54) is 43.5 Å². The van der Waals surface area contributed by atoms with Crippen molar-refractivity contribution in [2.24, 2.45) is 0 Å². The first kappa shape index (κ1) is 22.5. The zero-order chi connectivity index (χ0) is 23.7. The molecule has 0 radical (unpaired) electrons. The van der Waals surface area contributed by atoms with E-state index in [-0.39, 0.29) is 34.0 Å². The van der Waals surface area contributed by atoms with E-state index in [9.17, 15) is 19.2 Å². The van der Waals surface area contributed by atoms with Gasteiger partial charge >= 0.3 is 11.9 Å². The Labute approximate surface area is 198 Å². The second kappa shape index (κ2) is 9.05. The molecule has 2 amide bonds. The summed E-state index contributed by atoms with van der Waals surface area (Å²) in [5.41, 5.74) is 1.69. The van der Waals surface area contributed by atoms with E-state index in [1.54, 1.807) is 24.3 Å². The molecular formula is C24H15Cl2NO6. The van der Waals surface area contributed by atoms with Crippen molar-refractivity contribution in [3.8, 4) is 0 Å². The van der Waals surface area contributed by atoms with Crippen LogP contribution in [0.3, 0.4) is 0 Å². The number of hydrogen-bond donors (Lipinski definition) is 0. The molecule has 0 aromatic heterocycles. The van der Waals surface area contributed by atoms with Crippen molar-refractivity contribution in [2.75, 3.05) is 12.0 Å². The van der Waals surface area contributed by atoms with E-state index in [1.807, 2.05) is 0 Å². The Hall–Kier alpha value is -3.68. The van der Waals surface area contributed by atoms with Gasteiger partial charge in [-0.05, 0) is 54.1 Å². The topological polar surface area (TPSA) is 90.0 Å². The molecule has 0 saturated heterocycles. The van der Waals surface area contributed by atoms with Gasteiger partial charge in [0.1, 0.15) is 6.61 Å². The fraction of sp³-hybridized carbons (Fsp3) is 0.0833. The first-order valence-corrected chi connectivity index (χ1v) is 10.4. The fourth-order valence-electron chi connectivity index (χ4n) is 3.31. The zero-order valence-corrected chi connectivity index (χ0v) is 18.6. The minimum absolute atomic E-state index is 0.0420. The number of benzene rings is 3. The Morgan fingerprint density at radius 3 is 2.12 bits per heavy atom. The molecule has 3 aromatic carbocycles. The lowest BCUT2D eigenvalue weighted by molar-refractivity contribution is 0.0471. The molecule has 1 heterocycles. The predicted molar refractivity (Wildman–Crippen MR) is 121 cm³/mol. The minimum atomic E-state index is -0.664. The van der Waals surface area contributed by atoms with Crippen molar-refractivity contribution in [2.45, 2.75) is 6.61 Å². The van der Waals surface area contributed by atoms with Gasteiger partial charge in [-0.1, -0.05) is 35.3 Å². The number of carbonyl (C=O) groups is 4. The van der Waals surface area contributed by atoms with E-state index < -0.39 is 23.8 Å². The van der Waals surface area contributed by atoms with Gasteiger partial charge in [0.05, 0.1) is 45.1 Å². The molecule has 0 spiro atoms. The molecule has 3 aromatic rings. The van der Waals surface area contributed by atoms with Crippen LogP contribution in [0.15, 0.2) is 60.7 Å². The first-order chi connectivity index (χ1) is 15.8. The van der Waals surface area contributed by atoms with Gasteiger partial charge in [0.2, 0.25) is 0 Å². The SMILES string of the molecule is COC(=O)c1ccc(COC(=O)c2ccc3c(c2)C(=O)N(c2ccc(Cl)c(Cl)c2)C3=O)cc1.